The van der Waals surface area contributed by atoms with Crippen molar-refractivity contribution in [2.45, 2.75) is 32.9 Å². The molecule has 1 aliphatic rings. The van der Waals surface area contributed by atoms with Crippen molar-refractivity contribution < 1.29 is 23.8 Å². The highest BCUT2D eigenvalue weighted by Gasteiger charge is 2.33. The Morgan fingerprint density at radius 2 is 1.92 bits per heavy atom. The fourth-order valence-electron chi connectivity index (χ4n) is 2.59. The molecule has 0 spiro atoms. The van der Waals surface area contributed by atoms with Gasteiger partial charge in [-0.1, -0.05) is 15.9 Å². The summed E-state index contributed by atoms with van der Waals surface area (Å²) in [5, 5.41) is 5.33. The Bertz CT molecular complexity index is 730. The second-order valence-electron chi connectivity index (χ2n) is 5.75. The smallest absolute Gasteiger partial charge is 0.337 e. The van der Waals surface area contributed by atoms with Crippen LogP contribution in [0.25, 0.3) is 0 Å². The minimum Gasteiger partial charge on any atom is -0.493 e. The predicted octanol–water partition coefficient (Wildman–Crippen LogP) is 3.05. The summed E-state index contributed by atoms with van der Waals surface area (Å²) < 4.78 is 16.7. The normalized spacial score (nSPS) is 17.1. The number of ether oxygens (including phenoxy) is 3. The lowest BCUT2D eigenvalue weighted by Gasteiger charge is -2.29. The van der Waals surface area contributed by atoms with Crippen molar-refractivity contribution in [3.8, 4) is 11.5 Å². The molecule has 0 unspecified atom stereocenters. The quantitative estimate of drug-likeness (QED) is 0.725. The minimum atomic E-state index is -0.683. The molecule has 0 aliphatic carbocycles. The van der Waals surface area contributed by atoms with Gasteiger partial charge in [-0.15, -0.1) is 0 Å². The fourth-order valence-corrected chi connectivity index (χ4v) is 3.14. The van der Waals surface area contributed by atoms with E-state index in [4.69, 9.17) is 14.2 Å². The van der Waals surface area contributed by atoms with Crippen LogP contribution in [0.15, 0.2) is 27.9 Å². The fraction of sp³-hybridized carbons (Fsp3) is 0.412. The molecule has 1 aromatic rings. The van der Waals surface area contributed by atoms with Crippen molar-refractivity contribution in [1.29, 1.82) is 0 Å². The molecule has 1 aliphatic heterocycles. The van der Waals surface area contributed by atoms with Gasteiger partial charge in [0, 0.05) is 10.2 Å². The number of amides is 2. The Kier molecular flexibility index (Phi) is 5.94. The number of allylic oxidation sites excluding steroid dienone is 1. The van der Waals surface area contributed by atoms with E-state index in [1.54, 1.807) is 19.1 Å². The lowest BCUT2D eigenvalue weighted by molar-refractivity contribution is -0.136. The summed E-state index contributed by atoms with van der Waals surface area (Å²) >= 11 is 3.49. The van der Waals surface area contributed by atoms with E-state index in [9.17, 15) is 9.59 Å². The van der Waals surface area contributed by atoms with E-state index in [2.05, 4.69) is 26.6 Å². The lowest BCUT2D eigenvalue weighted by Crippen LogP contribution is -2.45. The topological polar surface area (TPSA) is 85.9 Å². The van der Waals surface area contributed by atoms with Gasteiger partial charge in [0.25, 0.3) is 0 Å². The predicted molar refractivity (Wildman–Crippen MR) is 95.6 cm³/mol. The molecule has 0 aromatic heterocycles. The van der Waals surface area contributed by atoms with Gasteiger partial charge in [-0.3, -0.25) is 0 Å². The summed E-state index contributed by atoms with van der Waals surface area (Å²) in [5.74, 6) is 0.540. The maximum Gasteiger partial charge on any atom is 0.337 e. The summed E-state index contributed by atoms with van der Waals surface area (Å²) in [4.78, 5) is 24.1. The molecule has 2 rings (SSSR count). The van der Waals surface area contributed by atoms with E-state index < -0.39 is 18.0 Å². The molecule has 2 amide bonds. The van der Waals surface area contributed by atoms with E-state index in [-0.39, 0.29) is 6.10 Å². The van der Waals surface area contributed by atoms with Crippen LogP contribution in [0.3, 0.4) is 0 Å². The molecule has 1 heterocycles. The van der Waals surface area contributed by atoms with Crippen LogP contribution >= 0.6 is 15.9 Å². The molecule has 1 aromatic carbocycles. The van der Waals surface area contributed by atoms with Crippen molar-refractivity contribution in [2.75, 3.05) is 14.2 Å². The SMILES string of the molecule is COC(=O)C1=C(C)NC(=O)N[C@H]1c1cc(OC)c(OC(C)C)cc1Br. The summed E-state index contributed by atoms with van der Waals surface area (Å²) in [5.41, 5.74) is 1.42. The van der Waals surface area contributed by atoms with Crippen molar-refractivity contribution in [3.63, 3.8) is 0 Å². The number of nitrogens with one attached hydrogen (secondary N) is 2. The molecule has 25 heavy (non-hydrogen) atoms. The zero-order valence-electron chi connectivity index (χ0n) is 14.7. The van der Waals surface area contributed by atoms with E-state index >= 15 is 0 Å². The second-order valence-corrected chi connectivity index (χ2v) is 6.61. The van der Waals surface area contributed by atoms with Crippen LogP contribution in [0.4, 0.5) is 4.79 Å². The zero-order valence-corrected chi connectivity index (χ0v) is 16.3. The Hall–Kier alpha value is -2.22. The number of carbonyl (C=O) groups excluding carboxylic acids is 2. The van der Waals surface area contributed by atoms with E-state index in [1.165, 1.54) is 14.2 Å². The van der Waals surface area contributed by atoms with E-state index in [0.29, 0.717) is 32.8 Å². The first-order chi connectivity index (χ1) is 11.8. The Balaban J connectivity index is 2.56. The Morgan fingerprint density at radius 1 is 1.24 bits per heavy atom. The number of hydrogen-bond acceptors (Lipinski definition) is 5. The number of halogens is 1. The molecule has 0 saturated heterocycles. The second kappa shape index (κ2) is 7.77. The molecule has 2 N–H and O–H groups in total. The maximum absolute atomic E-state index is 12.2. The van der Waals surface area contributed by atoms with Gasteiger partial charge in [0.2, 0.25) is 0 Å². The third-order valence-corrected chi connectivity index (χ3v) is 4.32. The van der Waals surface area contributed by atoms with Gasteiger partial charge in [-0.05, 0) is 38.5 Å². The first-order valence-corrected chi connectivity index (χ1v) is 8.48. The van der Waals surface area contributed by atoms with Crippen LogP contribution in [0.1, 0.15) is 32.4 Å². The monoisotopic (exact) mass is 412 g/mol. The van der Waals surface area contributed by atoms with Gasteiger partial charge in [-0.2, -0.15) is 0 Å². The van der Waals surface area contributed by atoms with Gasteiger partial charge in [0.05, 0.1) is 31.9 Å². The molecular weight excluding hydrogens is 392 g/mol. The van der Waals surface area contributed by atoms with Crippen LogP contribution in [0.2, 0.25) is 0 Å². The molecule has 0 saturated carbocycles. The standard InChI is InChI=1S/C17H21BrN2O5/c1-8(2)25-13-7-11(18)10(6-12(13)23-4)15-14(16(21)24-5)9(3)19-17(22)20-15/h6-8,15H,1-5H3,(H2,19,20,22)/t15-/m0/s1. The third-order valence-electron chi connectivity index (χ3n) is 3.63. The lowest BCUT2D eigenvalue weighted by atomic mass is 9.95. The highest BCUT2D eigenvalue weighted by molar-refractivity contribution is 9.10. The molecule has 136 valence electrons. The molecule has 0 fully saturated rings. The minimum absolute atomic E-state index is 0.0296. The number of methoxy groups -OCH3 is 2. The van der Waals surface area contributed by atoms with Gasteiger partial charge >= 0.3 is 12.0 Å². The van der Waals surface area contributed by atoms with Crippen LogP contribution in [0, 0.1) is 0 Å². The molecular formula is C17H21BrN2O5. The largest absolute Gasteiger partial charge is 0.493 e. The Morgan fingerprint density at radius 3 is 2.48 bits per heavy atom. The van der Waals surface area contributed by atoms with Gasteiger partial charge in [0.15, 0.2) is 11.5 Å². The summed E-state index contributed by atoms with van der Waals surface area (Å²) in [6, 6.07) is 2.40. The van der Waals surface area contributed by atoms with E-state index in [1.807, 2.05) is 13.8 Å². The third kappa shape index (κ3) is 4.07. The highest BCUT2D eigenvalue weighted by Crippen LogP contribution is 2.39. The van der Waals surface area contributed by atoms with Crippen molar-refractivity contribution in [1.82, 2.24) is 10.6 Å². The molecule has 1 atom stereocenters. The van der Waals surface area contributed by atoms with Crippen molar-refractivity contribution in [3.05, 3.63) is 33.4 Å². The van der Waals surface area contributed by atoms with Crippen LogP contribution in [-0.4, -0.2) is 32.3 Å². The maximum atomic E-state index is 12.2. The Labute approximate surface area is 154 Å². The zero-order chi connectivity index (χ0) is 18.7. The van der Waals surface area contributed by atoms with Crippen LogP contribution < -0.4 is 20.1 Å². The molecule has 0 bridgehead atoms. The van der Waals surface area contributed by atoms with Crippen LogP contribution in [-0.2, 0) is 9.53 Å². The van der Waals surface area contributed by atoms with Crippen molar-refractivity contribution in [2.24, 2.45) is 0 Å². The molecule has 0 radical (unpaired) electrons. The number of rotatable bonds is 5. The number of urea groups is 1. The first kappa shape index (κ1) is 19.1. The number of carbonyl (C=O) groups is 2. The average molecular weight is 413 g/mol. The first-order valence-electron chi connectivity index (χ1n) is 7.69. The highest BCUT2D eigenvalue weighted by atomic mass is 79.9. The van der Waals surface area contributed by atoms with Gasteiger partial charge in [0.1, 0.15) is 0 Å². The summed E-state index contributed by atoms with van der Waals surface area (Å²) in [6.45, 7) is 5.48. The number of benzene rings is 1. The number of esters is 1. The molecule has 8 heteroatoms. The van der Waals surface area contributed by atoms with Crippen LogP contribution in [0.5, 0.6) is 11.5 Å². The average Bonchev–Trinajstić information content (AvgIpc) is 2.53. The molecule has 7 nitrogen and oxygen atoms in total. The van der Waals surface area contributed by atoms with Crippen molar-refractivity contribution >= 4 is 27.9 Å². The summed E-state index contributed by atoms with van der Waals surface area (Å²) in [6.07, 6.45) is -0.0296. The van der Waals surface area contributed by atoms with Gasteiger partial charge in [-0.25, -0.2) is 9.59 Å². The summed E-state index contributed by atoms with van der Waals surface area (Å²) in [7, 11) is 2.83. The number of hydrogen-bond donors (Lipinski definition) is 2. The van der Waals surface area contributed by atoms with E-state index in [0.717, 1.165) is 0 Å². The van der Waals surface area contributed by atoms with Gasteiger partial charge < -0.3 is 24.8 Å².